The van der Waals surface area contributed by atoms with Crippen molar-refractivity contribution >= 4 is 21.8 Å². The predicted octanol–water partition coefficient (Wildman–Crippen LogP) is 4.21. The molecule has 156 valence electrons. The Labute approximate surface area is 177 Å². The summed E-state index contributed by atoms with van der Waals surface area (Å²) in [5, 5.41) is 6.87. The van der Waals surface area contributed by atoms with Crippen molar-refractivity contribution in [1.82, 2.24) is 30.0 Å². The van der Waals surface area contributed by atoms with Gasteiger partial charge in [0.15, 0.2) is 5.82 Å². The maximum absolute atomic E-state index is 13.3. The lowest BCUT2D eigenvalue weighted by molar-refractivity contribution is -0.137. The Morgan fingerprint density at radius 3 is 2.57 bits per heavy atom. The van der Waals surface area contributed by atoms with Crippen molar-refractivity contribution in [1.29, 1.82) is 0 Å². The van der Waals surface area contributed by atoms with Gasteiger partial charge in [-0.3, -0.25) is 4.79 Å². The van der Waals surface area contributed by atoms with E-state index >= 15 is 0 Å². The SMILES string of the molecule is CC(NC(=O)c1cc(C2CC2)cc(C(F)(F)F)c1)c1nc(Br)nn1-c1ncccn1. The molecule has 1 aromatic carbocycles. The van der Waals surface area contributed by atoms with Gasteiger partial charge in [-0.2, -0.15) is 17.9 Å². The summed E-state index contributed by atoms with van der Waals surface area (Å²) in [6, 6.07) is 4.49. The van der Waals surface area contributed by atoms with Crippen LogP contribution in [0.1, 0.15) is 59.0 Å². The number of hydrogen-bond donors (Lipinski definition) is 1. The van der Waals surface area contributed by atoms with Crippen LogP contribution in [0.5, 0.6) is 0 Å². The molecule has 0 aliphatic heterocycles. The number of rotatable bonds is 5. The number of hydrogen-bond acceptors (Lipinski definition) is 5. The minimum Gasteiger partial charge on any atom is -0.342 e. The third-order valence-corrected chi connectivity index (χ3v) is 5.01. The van der Waals surface area contributed by atoms with Crippen LogP contribution in [0.25, 0.3) is 5.95 Å². The zero-order chi connectivity index (χ0) is 21.5. The monoisotopic (exact) mass is 480 g/mol. The van der Waals surface area contributed by atoms with E-state index in [1.807, 2.05) is 0 Å². The van der Waals surface area contributed by atoms with E-state index in [9.17, 15) is 18.0 Å². The molecular weight excluding hydrogens is 465 g/mol. The van der Waals surface area contributed by atoms with Crippen molar-refractivity contribution in [3.05, 3.63) is 63.9 Å². The molecule has 0 spiro atoms. The predicted molar refractivity (Wildman–Crippen MR) is 104 cm³/mol. The lowest BCUT2D eigenvalue weighted by Gasteiger charge is -2.16. The average Bonchev–Trinajstić information content (AvgIpc) is 3.49. The molecule has 30 heavy (non-hydrogen) atoms. The molecule has 1 aliphatic rings. The van der Waals surface area contributed by atoms with Crippen LogP contribution in [0.3, 0.4) is 0 Å². The average molecular weight is 481 g/mol. The van der Waals surface area contributed by atoms with Crippen molar-refractivity contribution < 1.29 is 18.0 Å². The molecule has 4 rings (SSSR count). The third kappa shape index (κ3) is 4.35. The second kappa shape index (κ2) is 7.78. The van der Waals surface area contributed by atoms with Crippen LogP contribution >= 0.6 is 15.9 Å². The van der Waals surface area contributed by atoms with Crippen molar-refractivity contribution in [2.24, 2.45) is 0 Å². The van der Waals surface area contributed by atoms with Gasteiger partial charge >= 0.3 is 6.18 Å². The van der Waals surface area contributed by atoms with Gasteiger partial charge in [-0.25, -0.2) is 15.0 Å². The third-order valence-electron chi connectivity index (χ3n) is 4.68. The highest BCUT2D eigenvalue weighted by Crippen LogP contribution is 2.42. The summed E-state index contributed by atoms with van der Waals surface area (Å²) in [6.45, 7) is 1.66. The normalized spacial score (nSPS) is 15.1. The number of amides is 1. The molecule has 2 heterocycles. The van der Waals surface area contributed by atoms with Crippen LogP contribution in [0, 0.1) is 0 Å². The van der Waals surface area contributed by atoms with Gasteiger partial charge in [-0.1, -0.05) is 0 Å². The van der Waals surface area contributed by atoms with Crippen LogP contribution in [-0.4, -0.2) is 30.6 Å². The Hall–Kier alpha value is -2.82. The molecule has 1 atom stereocenters. The fourth-order valence-corrected chi connectivity index (χ4v) is 3.41. The molecule has 1 saturated carbocycles. The van der Waals surface area contributed by atoms with Gasteiger partial charge < -0.3 is 5.32 Å². The number of carbonyl (C=O) groups is 1. The van der Waals surface area contributed by atoms with E-state index in [1.165, 1.54) is 23.1 Å². The molecule has 0 saturated heterocycles. The van der Waals surface area contributed by atoms with Crippen LogP contribution in [0.2, 0.25) is 0 Å². The van der Waals surface area contributed by atoms with Crippen molar-refractivity contribution in [2.45, 2.75) is 37.9 Å². The molecular formula is C19H16BrF3N6O. The van der Waals surface area contributed by atoms with E-state index in [4.69, 9.17) is 0 Å². The second-order valence-corrected chi connectivity index (χ2v) is 7.72. The number of alkyl halides is 3. The maximum atomic E-state index is 13.3. The highest BCUT2D eigenvalue weighted by molar-refractivity contribution is 9.10. The Kier molecular flexibility index (Phi) is 5.31. The quantitative estimate of drug-likeness (QED) is 0.591. The summed E-state index contributed by atoms with van der Waals surface area (Å²) in [5.41, 5.74) is -0.334. The summed E-state index contributed by atoms with van der Waals surface area (Å²) in [4.78, 5) is 25.2. The standard InChI is InChI=1S/C19H16BrF3N6O/c1-10(15-27-17(20)28-29(15)18-24-5-2-6-25-18)26-16(30)13-7-12(11-3-4-11)8-14(9-13)19(21,22)23/h2,5-11H,3-4H2,1H3,(H,26,30). The minimum atomic E-state index is -4.53. The zero-order valence-electron chi connectivity index (χ0n) is 15.7. The van der Waals surface area contributed by atoms with E-state index in [2.05, 4.69) is 41.3 Å². The molecule has 1 amide bonds. The molecule has 0 radical (unpaired) electrons. The molecule has 1 fully saturated rings. The molecule has 1 aliphatic carbocycles. The Morgan fingerprint density at radius 2 is 1.93 bits per heavy atom. The van der Waals surface area contributed by atoms with Crippen LogP contribution in [0.15, 0.2) is 41.4 Å². The maximum Gasteiger partial charge on any atom is 0.416 e. The minimum absolute atomic E-state index is 0.0420. The van der Waals surface area contributed by atoms with E-state index < -0.39 is 23.7 Å². The molecule has 1 N–H and O–H groups in total. The highest BCUT2D eigenvalue weighted by atomic mass is 79.9. The van der Waals surface area contributed by atoms with Gasteiger partial charge in [-0.15, -0.1) is 5.10 Å². The van der Waals surface area contributed by atoms with E-state index in [0.29, 0.717) is 11.4 Å². The van der Waals surface area contributed by atoms with E-state index in [-0.39, 0.29) is 22.2 Å². The summed E-state index contributed by atoms with van der Waals surface area (Å²) in [6.07, 6.45) is 0.196. The molecule has 0 bridgehead atoms. The van der Waals surface area contributed by atoms with E-state index in [0.717, 1.165) is 25.0 Å². The lowest BCUT2D eigenvalue weighted by atomic mass is 10.0. The van der Waals surface area contributed by atoms with Crippen LogP contribution in [-0.2, 0) is 6.18 Å². The Balaban J connectivity index is 1.61. The van der Waals surface area contributed by atoms with Crippen LogP contribution in [0.4, 0.5) is 13.2 Å². The van der Waals surface area contributed by atoms with Gasteiger partial charge in [0.2, 0.25) is 4.73 Å². The van der Waals surface area contributed by atoms with Gasteiger partial charge in [0.25, 0.3) is 11.9 Å². The first-order valence-electron chi connectivity index (χ1n) is 9.15. The molecule has 3 aromatic rings. The van der Waals surface area contributed by atoms with Gasteiger partial charge in [0.05, 0.1) is 11.6 Å². The second-order valence-electron chi connectivity index (χ2n) is 7.01. The van der Waals surface area contributed by atoms with Gasteiger partial charge in [-0.05, 0) is 71.4 Å². The first-order chi connectivity index (χ1) is 14.2. The topological polar surface area (TPSA) is 85.6 Å². The largest absolute Gasteiger partial charge is 0.416 e. The Bertz CT molecular complexity index is 1080. The number of halogens is 4. The summed E-state index contributed by atoms with van der Waals surface area (Å²) in [5.74, 6) is 0.0263. The van der Waals surface area contributed by atoms with Gasteiger partial charge in [0, 0.05) is 18.0 Å². The van der Waals surface area contributed by atoms with Crippen molar-refractivity contribution in [3.8, 4) is 5.95 Å². The summed E-state index contributed by atoms with van der Waals surface area (Å²) in [7, 11) is 0. The zero-order valence-corrected chi connectivity index (χ0v) is 17.3. The van der Waals surface area contributed by atoms with Gasteiger partial charge in [0.1, 0.15) is 0 Å². The number of aromatic nitrogens is 5. The summed E-state index contributed by atoms with van der Waals surface area (Å²) >= 11 is 3.19. The summed E-state index contributed by atoms with van der Waals surface area (Å²) < 4.78 is 41.5. The highest BCUT2D eigenvalue weighted by Gasteiger charge is 2.34. The smallest absolute Gasteiger partial charge is 0.342 e. The van der Waals surface area contributed by atoms with Crippen molar-refractivity contribution in [3.63, 3.8) is 0 Å². The number of nitrogens with one attached hydrogen (secondary N) is 1. The molecule has 2 aromatic heterocycles. The number of carbonyl (C=O) groups excluding carboxylic acids is 1. The molecule has 1 unspecified atom stereocenters. The molecule has 7 nitrogen and oxygen atoms in total. The van der Waals surface area contributed by atoms with E-state index in [1.54, 1.807) is 13.0 Å². The van der Waals surface area contributed by atoms with Crippen molar-refractivity contribution in [2.75, 3.05) is 0 Å². The first-order valence-corrected chi connectivity index (χ1v) is 9.94. The fraction of sp³-hybridized carbons (Fsp3) is 0.316. The number of benzene rings is 1. The Morgan fingerprint density at radius 1 is 1.23 bits per heavy atom. The molecule has 11 heteroatoms. The van der Waals surface area contributed by atoms with Crippen LogP contribution < -0.4 is 5.32 Å². The lowest BCUT2D eigenvalue weighted by Crippen LogP contribution is -2.29. The number of nitrogens with zero attached hydrogens (tertiary/aromatic N) is 5. The fourth-order valence-electron chi connectivity index (χ4n) is 3.07. The first kappa shape index (κ1) is 20.5.